The Hall–Kier alpha value is -0.540. The van der Waals surface area contributed by atoms with Crippen LogP contribution in [-0.4, -0.2) is 14.2 Å². The molecule has 0 heterocycles. The summed E-state index contributed by atoms with van der Waals surface area (Å²) >= 11 is 0. The molecule has 4 heteroatoms. The Labute approximate surface area is 94.7 Å². The average molecular weight is 245 g/mol. The third-order valence-corrected chi connectivity index (χ3v) is 3.84. The van der Waals surface area contributed by atoms with E-state index in [1.807, 2.05) is 18.2 Å². The number of hydrogen-bond donors (Lipinski definition) is 0. The summed E-state index contributed by atoms with van der Waals surface area (Å²) in [6.07, 6.45) is 2.98. The molecule has 0 unspecified atom stereocenters. The van der Waals surface area contributed by atoms with Gasteiger partial charge in [0.1, 0.15) is 0 Å². The lowest BCUT2D eigenvalue weighted by atomic mass is 10.0. The van der Waals surface area contributed by atoms with E-state index in [1.54, 1.807) is 0 Å². The fourth-order valence-electron chi connectivity index (χ4n) is 1.79. The molecule has 0 aromatic heterocycles. The fraction of sp³-hybridized carbons (Fsp3) is 0.455. The van der Waals surface area contributed by atoms with Gasteiger partial charge in [-0.25, -0.2) is 8.42 Å². The molecule has 82 valence electrons. The molecule has 15 heavy (non-hydrogen) atoms. The Bertz CT molecular complexity index is 449. The Morgan fingerprint density at radius 1 is 1.27 bits per heavy atom. The van der Waals surface area contributed by atoms with Crippen LogP contribution in [0.25, 0.3) is 0 Å². The molecule has 1 aliphatic carbocycles. The molecule has 0 radical (unpaired) electrons. The van der Waals surface area contributed by atoms with Gasteiger partial charge in [0.05, 0.1) is 5.75 Å². The summed E-state index contributed by atoms with van der Waals surface area (Å²) in [6, 6.07) is 8.04. The maximum absolute atomic E-state index is 10.9. The predicted molar refractivity (Wildman–Crippen MR) is 61.8 cm³/mol. The van der Waals surface area contributed by atoms with Crippen molar-refractivity contribution in [2.24, 2.45) is 0 Å². The molecule has 0 spiro atoms. The van der Waals surface area contributed by atoms with E-state index in [2.05, 4.69) is 6.07 Å². The Morgan fingerprint density at radius 2 is 1.93 bits per heavy atom. The lowest BCUT2D eigenvalue weighted by Gasteiger charge is -2.06. The lowest BCUT2D eigenvalue weighted by molar-refractivity contribution is 0.608. The molecule has 2 rings (SSSR count). The lowest BCUT2D eigenvalue weighted by Crippen LogP contribution is -2.03. The molecular formula is C11H13ClO2S. The minimum Gasteiger partial charge on any atom is -0.212 e. The fourth-order valence-corrected chi connectivity index (χ4v) is 2.48. The van der Waals surface area contributed by atoms with E-state index in [1.165, 1.54) is 18.4 Å². The highest BCUT2D eigenvalue weighted by Gasteiger charge is 2.25. The summed E-state index contributed by atoms with van der Waals surface area (Å²) < 4.78 is 21.7. The molecule has 0 N–H and O–H groups in total. The topological polar surface area (TPSA) is 34.1 Å². The average Bonchev–Trinajstić information content (AvgIpc) is 2.97. The molecule has 0 saturated heterocycles. The van der Waals surface area contributed by atoms with E-state index in [4.69, 9.17) is 10.7 Å². The van der Waals surface area contributed by atoms with Crippen LogP contribution in [0.15, 0.2) is 24.3 Å². The maximum atomic E-state index is 10.9. The van der Waals surface area contributed by atoms with Crippen LogP contribution in [0.1, 0.15) is 29.9 Å². The van der Waals surface area contributed by atoms with Gasteiger partial charge >= 0.3 is 0 Å². The largest absolute Gasteiger partial charge is 0.232 e. The second-order valence-electron chi connectivity index (χ2n) is 3.97. The monoisotopic (exact) mass is 244 g/mol. The third-order valence-electron chi connectivity index (χ3n) is 2.69. The quantitative estimate of drug-likeness (QED) is 0.764. The highest BCUT2D eigenvalue weighted by atomic mass is 35.7. The van der Waals surface area contributed by atoms with E-state index in [9.17, 15) is 8.42 Å². The third kappa shape index (κ3) is 3.21. The molecular weight excluding hydrogens is 232 g/mol. The molecule has 1 fully saturated rings. The van der Waals surface area contributed by atoms with E-state index in [0.29, 0.717) is 12.3 Å². The van der Waals surface area contributed by atoms with Crippen molar-refractivity contribution in [1.29, 1.82) is 0 Å². The summed E-state index contributed by atoms with van der Waals surface area (Å²) in [4.78, 5) is 0. The highest BCUT2D eigenvalue weighted by molar-refractivity contribution is 8.13. The van der Waals surface area contributed by atoms with Gasteiger partial charge in [0.2, 0.25) is 9.05 Å². The number of aryl methyl sites for hydroxylation is 1. The minimum atomic E-state index is -3.37. The molecule has 2 nitrogen and oxygen atoms in total. The Morgan fingerprint density at radius 3 is 2.53 bits per heavy atom. The van der Waals surface area contributed by atoms with Crippen molar-refractivity contribution >= 4 is 19.7 Å². The van der Waals surface area contributed by atoms with Crippen LogP contribution in [-0.2, 0) is 15.5 Å². The van der Waals surface area contributed by atoms with Gasteiger partial charge in [-0.05, 0) is 36.3 Å². The van der Waals surface area contributed by atoms with E-state index in [-0.39, 0.29) is 5.75 Å². The zero-order valence-electron chi connectivity index (χ0n) is 8.32. The molecule has 0 atom stereocenters. The van der Waals surface area contributed by atoms with Gasteiger partial charge < -0.3 is 0 Å². The van der Waals surface area contributed by atoms with Crippen molar-refractivity contribution in [3.8, 4) is 0 Å². The summed E-state index contributed by atoms with van der Waals surface area (Å²) in [5.41, 5.74) is 2.43. The maximum Gasteiger partial charge on any atom is 0.232 e. The standard InChI is InChI=1S/C11H13ClO2S/c12-15(13,14)8-7-9-3-1-2-4-11(9)10-5-6-10/h1-4,10H,5-8H2. The SMILES string of the molecule is O=S(=O)(Cl)CCc1ccccc1C1CC1. The van der Waals surface area contributed by atoms with Crippen molar-refractivity contribution in [2.75, 3.05) is 5.75 Å². The van der Waals surface area contributed by atoms with Crippen LogP contribution < -0.4 is 0 Å². The Kier molecular flexibility index (Phi) is 3.03. The van der Waals surface area contributed by atoms with Crippen LogP contribution in [0.2, 0.25) is 0 Å². The molecule has 1 aromatic carbocycles. The van der Waals surface area contributed by atoms with Gasteiger partial charge in [0.15, 0.2) is 0 Å². The van der Waals surface area contributed by atoms with Crippen LogP contribution in [0.4, 0.5) is 0 Å². The number of hydrogen-bond acceptors (Lipinski definition) is 2. The van der Waals surface area contributed by atoms with E-state index in [0.717, 1.165) is 5.56 Å². The summed E-state index contributed by atoms with van der Waals surface area (Å²) in [6.45, 7) is 0. The first-order chi connectivity index (χ1) is 7.06. The Balaban J connectivity index is 2.13. The summed E-state index contributed by atoms with van der Waals surface area (Å²) in [7, 11) is 1.83. The van der Waals surface area contributed by atoms with Gasteiger partial charge in [-0.15, -0.1) is 0 Å². The van der Waals surface area contributed by atoms with Gasteiger partial charge in [0.25, 0.3) is 0 Å². The van der Waals surface area contributed by atoms with Crippen molar-refractivity contribution in [2.45, 2.75) is 25.2 Å². The molecule has 0 amide bonds. The van der Waals surface area contributed by atoms with E-state index < -0.39 is 9.05 Å². The van der Waals surface area contributed by atoms with Crippen molar-refractivity contribution < 1.29 is 8.42 Å². The normalized spacial score (nSPS) is 16.6. The number of rotatable bonds is 4. The van der Waals surface area contributed by atoms with Gasteiger partial charge in [-0.1, -0.05) is 24.3 Å². The van der Waals surface area contributed by atoms with Crippen LogP contribution >= 0.6 is 10.7 Å². The molecule has 1 aliphatic rings. The van der Waals surface area contributed by atoms with Gasteiger partial charge in [0, 0.05) is 10.7 Å². The highest BCUT2D eigenvalue weighted by Crippen LogP contribution is 2.41. The molecule has 1 aromatic rings. The number of halogens is 1. The second kappa shape index (κ2) is 4.14. The van der Waals surface area contributed by atoms with E-state index >= 15 is 0 Å². The summed E-state index contributed by atoms with van der Waals surface area (Å²) in [5, 5.41) is 0. The van der Waals surface area contributed by atoms with Crippen molar-refractivity contribution in [3.05, 3.63) is 35.4 Å². The first kappa shape index (κ1) is 11.0. The smallest absolute Gasteiger partial charge is 0.212 e. The summed E-state index contributed by atoms with van der Waals surface area (Å²) in [5.74, 6) is 0.678. The predicted octanol–water partition coefficient (Wildman–Crippen LogP) is 2.68. The van der Waals surface area contributed by atoms with Gasteiger partial charge in [-0.3, -0.25) is 0 Å². The van der Waals surface area contributed by atoms with Crippen LogP contribution in [0, 0.1) is 0 Å². The molecule has 0 aliphatic heterocycles. The first-order valence-corrected chi connectivity index (χ1v) is 7.54. The zero-order valence-corrected chi connectivity index (χ0v) is 9.89. The zero-order chi connectivity index (χ0) is 10.9. The number of benzene rings is 1. The van der Waals surface area contributed by atoms with Crippen LogP contribution in [0.5, 0.6) is 0 Å². The van der Waals surface area contributed by atoms with Crippen molar-refractivity contribution in [1.82, 2.24) is 0 Å². The molecule has 1 saturated carbocycles. The van der Waals surface area contributed by atoms with Crippen LogP contribution in [0.3, 0.4) is 0 Å². The minimum absolute atomic E-state index is 0.0261. The first-order valence-electron chi connectivity index (χ1n) is 5.06. The van der Waals surface area contributed by atoms with Crippen molar-refractivity contribution in [3.63, 3.8) is 0 Å². The molecule has 0 bridgehead atoms. The van der Waals surface area contributed by atoms with Gasteiger partial charge in [-0.2, -0.15) is 0 Å². The second-order valence-corrected chi connectivity index (χ2v) is 6.86.